The number of quaternary nitrogens is 1. The van der Waals surface area contributed by atoms with Crippen molar-refractivity contribution in [2.75, 3.05) is 14.2 Å². The van der Waals surface area contributed by atoms with E-state index in [9.17, 15) is 4.79 Å². The zero-order valence-corrected chi connectivity index (χ0v) is 9.69. The van der Waals surface area contributed by atoms with Gasteiger partial charge >= 0.3 is 5.97 Å². The summed E-state index contributed by atoms with van der Waals surface area (Å²) in [6.07, 6.45) is 3.88. The van der Waals surface area contributed by atoms with Crippen LogP contribution in [0.4, 0.5) is 5.69 Å². The van der Waals surface area contributed by atoms with E-state index in [1.807, 2.05) is 25.1 Å². The van der Waals surface area contributed by atoms with Crippen molar-refractivity contribution in [1.29, 1.82) is 0 Å². The van der Waals surface area contributed by atoms with E-state index in [4.69, 9.17) is 4.84 Å². The number of hydrogen-bond acceptors (Lipinski definition) is 3. The van der Waals surface area contributed by atoms with Crippen molar-refractivity contribution in [1.82, 2.24) is 0 Å². The fourth-order valence-electron chi connectivity index (χ4n) is 1.38. The molecule has 16 heavy (non-hydrogen) atoms. The molecule has 0 amide bonds. The minimum absolute atomic E-state index is 0.349. The second-order valence-corrected chi connectivity index (χ2v) is 3.19. The van der Waals surface area contributed by atoms with Gasteiger partial charge in [-0.2, -0.15) is 5.48 Å². The largest absolute Gasteiger partial charge is 0.465 e. The highest BCUT2D eigenvalue weighted by atomic mass is 16.6. The van der Waals surface area contributed by atoms with Gasteiger partial charge in [0.2, 0.25) is 0 Å². The molecule has 0 heterocycles. The van der Waals surface area contributed by atoms with Gasteiger partial charge in [-0.3, -0.25) is 0 Å². The molecular weight excluding hydrogens is 206 g/mol. The number of hydrogen-bond donors (Lipinski definition) is 1. The van der Waals surface area contributed by atoms with Gasteiger partial charge in [0.25, 0.3) is 0 Å². The quantitative estimate of drug-likeness (QED) is 0.474. The summed E-state index contributed by atoms with van der Waals surface area (Å²) in [5.74, 6) is -0.349. The zero-order valence-electron chi connectivity index (χ0n) is 9.69. The molecule has 0 atom stereocenters. The number of ether oxygens (including phenoxy) is 1. The van der Waals surface area contributed by atoms with E-state index in [0.717, 1.165) is 11.3 Å². The van der Waals surface area contributed by atoms with Crippen LogP contribution in [0.2, 0.25) is 0 Å². The predicted molar refractivity (Wildman–Crippen MR) is 61.1 cm³/mol. The molecule has 0 aliphatic heterocycles. The van der Waals surface area contributed by atoms with Gasteiger partial charge in [0.15, 0.2) is 5.69 Å². The molecule has 4 nitrogen and oxygen atoms in total. The number of benzene rings is 1. The standard InChI is InChI=1S/C12H15NO3/c1-4-5-9-6-7-10(12(14)15-2)8-11(9)13-16-3/h4-8,13H,1-3H3/p+1/b5-4-. The van der Waals surface area contributed by atoms with Crippen molar-refractivity contribution in [2.24, 2.45) is 0 Å². The Balaban J connectivity index is 3.11. The highest BCUT2D eigenvalue weighted by molar-refractivity contribution is 5.90. The normalized spacial score (nSPS) is 10.7. The van der Waals surface area contributed by atoms with Gasteiger partial charge in [0, 0.05) is 11.6 Å². The van der Waals surface area contributed by atoms with Crippen molar-refractivity contribution >= 4 is 17.7 Å². The molecule has 0 saturated heterocycles. The molecule has 1 rings (SSSR count). The first kappa shape index (κ1) is 12.4. The lowest BCUT2D eigenvalue weighted by atomic mass is 10.1. The number of allylic oxidation sites excluding steroid dienone is 1. The fraction of sp³-hybridized carbons (Fsp3) is 0.250. The summed E-state index contributed by atoms with van der Waals surface area (Å²) >= 11 is 0. The van der Waals surface area contributed by atoms with Crippen LogP contribution in [-0.2, 0) is 9.57 Å². The van der Waals surface area contributed by atoms with E-state index in [1.54, 1.807) is 24.7 Å². The highest BCUT2D eigenvalue weighted by Gasteiger charge is 2.11. The highest BCUT2D eigenvalue weighted by Crippen LogP contribution is 2.15. The number of nitrogens with two attached hydrogens (primary N) is 1. The van der Waals surface area contributed by atoms with Gasteiger partial charge < -0.3 is 4.74 Å². The molecule has 0 unspecified atom stereocenters. The molecule has 86 valence electrons. The van der Waals surface area contributed by atoms with Crippen molar-refractivity contribution in [3.8, 4) is 0 Å². The summed E-state index contributed by atoms with van der Waals surface area (Å²) in [6.45, 7) is 1.94. The first-order chi connectivity index (χ1) is 7.72. The molecule has 0 radical (unpaired) electrons. The van der Waals surface area contributed by atoms with Crippen LogP contribution in [0.15, 0.2) is 24.3 Å². The van der Waals surface area contributed by atoms with Crippen LogP contribution in [0.1, 0.15) is 22.8 Å². The number of rotatable bonds is 4. The Morgan fingerprint density at radius 3 is 2.69 bits per heavy atom. The van der Waals surface area contributed by atoms with Crippen molar-refractivity contribution in [3.63, 3.8) is 0 Å². The molecule has 0 aliphatic carbocycles. The molecule has 0 aromatic heterocycles. The second kappa shape index (κ2) is 6.05. The number of carbonyl (C=O) groups is 1. The Morgan fingerprint density at radius 1 is 1.38 bits per heavy atom. The molecule has 0 aliphatic rings. The number of methoxy groups -OCH3 is 1. The van der Waals surface area contributed by atoms with Crippen molar-refractivity contribution in [2.45, 2.75) is 6.92 Å². The van der Waals surface area contributed by atoms with Crippen molar-refractivity contribution in [3.05, 3.63) is 35.4 Å². The molecule has 1 aromatic carbocycles. The Hall–Kier alpha value is -1.65. The molecule has 1 aromatic rings. The fourth-order valence-corrected chi connectivity index (χ4v) is 1.38. The van der Waals surface area contributed by atoms with Crippen LogP contribution in [0.5, 0.6) is 0 Å². The molecule has 2 N–H and O–H groups in total. The summed E-state index contributed by atoms with van der Waals surface area (Å²) in [4.78, 5) is 16.3. The average molecular weight is 222 g/mol. The maximum Gasteiger partial charge on any atom is 0.338 e. The second-order valence-electron chi connectivity index (χ2n) is 3.19. The lowest BCUT2D eigenvalue weighted by Crippen LogP contribution is -2.76. The molecule has 0 spiro atoms. The maximum atomic E-state index is 11.3. The smallest absolute Gasteiger partial charge is 0.338 e. The molecule has 0 bridgehead atoms. The van der Waals surface area contributed by atoms with Gasteiger partial charge in [-0.15, -0.1) is 0 Å². The Kier molecular flexibility index (Phi) is 4.69. The summed E-state index contributed by atoms with van der Waals surface area (Å²) in [7, 11) is 2.94. The lowest BCUT2D eigenvalue weighted by Gasteiger charge is -2.04. The van der Waals surface area contributed by atoms with E-state index in [2.05, 4.69) is 4.74 Å². The van der Waals surface area contributed by atoms with Crippen LogP contribution < -0.4 is 5.48 Å². The number of carbonyl (C=O) groups excluding carboxylic acids is 1. The maximum absolute atomic E-state index is 11.3. The predicted octanol–water partition coefficient (Wildman–Crippen LogP) is 1.26. The van der Waals surface area contributed by atoms with Crippen LogP contribution in [0, 0.1) is 0 Å². The van der Waals surface area contributed by atoms with Gasteiger partial charge in [0.1, 0.15) is 0 Å². The van der Waals surface area contributed by atoms with E-state index < -0.39 is 0 Å². The van der Waals surface area contributed by atoms with Gasteiger partial charge in [0.05, 0.1) is 19.8 Å². The lowest BCUT2D eigenvalue weighted by molar-refractivity contribution is -0.830. The van der Waals surface area contributed by atoms with Crippen LogP contribution in [-0.4, -0.2) is 20.2 Å². The summed E-state index contributed by atoms with van der Waals surface area (Å²) in [6, 6.07) is 5.33. The topological polar surface area (TPSA) is 52.1 Å². The van der Waals surface area contributed by atoms with Gasteiger partial charge in [-0.1, -0.05) is 12.2 Å². The van der Waals surface area contributed by atoms with Crippen LogP contribution in [0.25, 0.3) is 6.08 Å². The number of esters is 1. The Bertz CT molecular complexity index is 399. The first-order valence-electron chi connectivity index (χ1n) is 4.94. The zero-order chi connectivity index (χ0) is 12.0. The third-order valence-electron chi connectivity index (χ3n) is 2.10. The first-order valence-corrected chi connectivity index (χ1v) is 4.94. The van der Waals surface area contributed by atoms with E-state index in [1.165, 1.54) is 7.11 Å². The summed E-state index contributed by atoms with van der Waals surface area (Å²) in [5.41, 5.74) is 3.96. The summed E-state index contributed by atoms with van der Waals surface area (Å²) < 4.78 is 4.66. The third-order valence-corrected chi connectivity index (χ3v) is 2.10. The van der Waals surface area contributed by atoms with E-state index >= 15 is 0 Å². The van der Waals surface area contributed by atoms with Crippen molar-refractivity contribution < 1.29 is 19.8 Å². The van der Waals surface area contributed by atoms with Gasteiger partial charge in [-0.25, -0.2) is 9.63 Å². The summed E-state index contributed by atoms with van der Waals surface area (Å²) in [5, 5.41) is 0. The monoisotopic (exact) mass is 222 g/mol. The van der Waals surface area contributed by atoms with Gasteiger partial charge in [-0.05, 0) is 19.1 Å². The molecular formula is C12H16NO3+. The van der Waals surface area contributed by atoms with Crippen LogP contribution >= 0.6 is 0 Å². The molecule has 4 heteroatoms. The van der Waals surface area contributed by atoms with E-state index in [0.29, 0.717) is 5.56 Å². The SMILES string of the molecule is C/C=C\c1ccc(C(=O)OC)cc1[NH2+]OC. The molecule has 0 fully saturated rings. The average Bonchev–Trinajstić information content (AvgIpc) is 2.31. The Morgan fingerprint density at radius 2 is 2.12 bits per heavy atom. The minimum Gasteiger partial charge on any atom is -0.465 e. The Labute approximate surface area is 94.8 Å². The third kappa shape index (κ3) is 2.92. The van der Waals surface area contributed by atoms with Crippen LogP contribution in [0.3, 0.4) is 0 Å². The van der Waals surface area contributed by atoms with E-state index in [-0.39, 0.29) is 5.97 Å². The minimum atomic E-state index is -0.349. The molecule has 0 saturated carbocycles.